The molecule has 0 aromatic carbocycles. The fraction of sp³-hybridized carbons (Fsp3) is 0.692. The summed E-state index contributed by atoms with van der Waals surface area (Å²) in [4.78, 5) is 5.04. The van der Waals surface area contributed by atoms with Crippen LogP contribution >= 0.6 is 0 Å². The maximum atomic E-state index is 12.3. The van der Waals surface area contributed by atoms with Gasteiger partial charge in [-0.25, -0.2) is 13.1 Å². The van der Waals surface area contributed by atoms with Gasteiger partial charge in [-0.05, 0) is 33.0 Å². The first kappa shape index (κ1) is 15.5. The molecule has 0 bridgehead atoms. The number of sulfonamides is 1. The highest BCUT2D eigenvalue weighted by Gasteiger charge is 2.37. The molecular formula is C13H23N3O3S. The minimum atomic E-state index is -3.53. The minimum Gasteiger partial charge on any atom is -0.390 e. The number of aliphatic hydroxyl groups is 1. The third kappa shape index (κ3) is 3.06. The molecule has 0 atom stereocenters. The van der Waals surface area contributed by atoms with Crippen LogP contribution in [0.3, 0.4) is 0 Å². The van der Waals surface area contributed by atoms with E-state index in [1.807, 2.05) is 14.1 Å². The first-order valence-electron chi connectivity index (χ1n) is 6.85. The highest BCUT2D eigenvalue weighted by Crippen LogP contribution is 2.33. The predicted octanol–water partition coefficient (Wildman–Crippen LogP) is 0.660. The number of nitrogens with zero attached hydrogens (tertiary/aromatic N) is 1. The summed E-state index contributed by atoms with van der Waals surface area (Å²) in [5.74, 6) is 0. The van der Waals surface area contributed by atoms with E-state index in [9.17, 15) is 8.42 Å². The van der Waals surface area contributed by atoms with Crippen molar-refractivity contribution in [2.75, 3.05) is 20.6 Å². The third-order valence-electron chi connectivity index (χ3n) is 4.27. The van der Waals surface area contributed by atoms with Crippen molar-refractivity contribution in [1.29, 1.82) is 0 Å². The molecule has 1 saturated carbocycles. The number of H-pyrrole nitrogens is 1. The SMILES string of the molecule is CN(C)C1(CNS(=O)(=O)c2c[nH]c(CO)c2)CCCC1. The van der Waals surface area contributed by atoms with Crippen LogP contribution in [0.1, 0.15) is 31.4 Å². The van der Waals surface area contributed by atoms with E-state index in [4.69, 9.17) is 5.11 Å². The summed E-state index contributed by atoms with van der Waals surface area (Å²) in [5, 5.41) is 8.98. The Labute approximate surface area is 120 Å². The second-order valence-corrected chi connectivity index (χ2v) is 7.44. The maximum Gasteiger partial charge on any atom is 0.242 e. The molecule has 2 rings (SSSR count). The normalized spacial score (nSPS) is 18.8. The van der Waals surface area contributed by atoms with Crippen LogP contribution < -0.4 is 4.72 Å². The molecular weight excluding hydrogens is 278 g/mol. The summed E-state index contributed by atoms with van der Waals surface area (Å²) < 4.78 is 27.2. The summed E-state index contributed by atoms with van der Waals surface area (Å²) in [6, 6.07) is 1.46. The number of aromatic nitrogens is 1. The van der Waals surface area contributed by atoms with E-state index in [0.717, 1.165) is 25.7 Å². The van der Waals surface area contributed by atoms with E-state index < -0.39 is 10.0 Å². The van der Waals surface area contributed by atoms with Gasteiger partial charge < -0.3 is 15.0 Å². The quantitative estimate of drug-likeness (QED) is 0.720. The largest absolute Gasteiger partial charge is 0.390 e. The van der Waals surface area contributed by atoms with Gasteiger partial charge in [0.2, 0.25) is 10.0 Å². The number of nitrogens with one attached hydrogen (secondary N) is 2. The van der Waals surface area contributed by atoms with E-state index in [1.54, 1.807) is 0 Å². The summed E-state index contributed by atoms with van der Waals surface area (Å²) in [5.41, 5.74) is 0.414. The lowest BCUT2D eigenvalue weighted by atomic mass is 9.97. The van der Waals surface area contributed by atoms with E-state index in [2.05, 4.69) is 14.6 Å². The lowest BCUT2D eigenvalue weighted by Crippen LogP contribution is -2.50. The molecule has 0 spiro atoms. The zero-order valence-corrected chi connectivity index (χ0v) is 12.8. The second kappa shape index (κ2) is 5.85. The Hall–Kier alpha value is -0.890. The van der Waals surface area contributed by atoms with E-state index >= 15 is 0 Å². The van der Waals surface area contributed by atoms with Gasteiger partial charge >= 0.3 is 0 Å². The molecule has 7 heteroatoms. The Kier molecular flexibility index (Phi) is 4.53. The number of hydrogen-bond donors (Lipinski definition) is 3. The zero-order valence-electron chi connectivity index (χ0n) is 12.0. The van der Waals surface area contributed by atoms with Crippen molar-refractivity contribution in [3.05, 3.63) is 18.0 Å². The molecule has 6 nitrogen and oxygen atoms in total. The van der Waals surface area contributed by atoms with Crippen LogP contribution in [0, 0.1) is 0 Å². The van der Waals surface area contributed by atoms with Crippen molar-refractivity contribution in [3.63, 3.8) is 0 Å². The van der Waals surface area contributed by atoms with Gasteiger partial charge in [0, 0.05) is 24.0 Å². The smallest absolute Gasteiger partial charge is 0.242 e. The molecule has 20 heavy (non-hydrogen) atoms. The fourth-order valence-corrected chi connectivity index (χ4v) is 3.93. The Balaban J connectivity index is 2.08. The Morgan fingerprint density at radius 3 is 2.55 bits per heavy atom. The summed E-state index contributed by atoms with van der Waals surface area (Å²) in [7, 11) is 0.472. The lowest BCUT2D eigenvalue weighted by Gasteiger charge is -2.36. The molecule has 0 radical (unpaired) electrons. The van der Waals surface area contributed by atoms with Crippen LogP contribution in [0.15, 0.2) is 17.2 Å². The number of aliphatic hydroxyl groups excluding tert-OH is 1. The molecule has 1 aromatic heterocycles. The molecule has 3 N–H and O–H groups in total. The van der Waals surface area contributed by atoms with E-state index in [1.165, 1.54) is 12.3 Å². The highest BCUT2D eigenvalue weighted by atomic mass is 32.2. The van der Waals surface area contributed by atoms with Gasteiger partial charge in [-0.3, -0.25) is 0 Å². The summed E-state index contributed by atoms with van der Waals surface area (Å²) >= 11 is 0. The Bertz CT molecular complexity index is 545. The molecule has 0 aliphatic heterocycles. The molecule has 1 aromatic rings. The monoisotopic (exact) mass is 301 g/mol. The first-order chi connectivity index (χ1) is 9.39. The third-order valence-corrected chi connectivity index (χ3v) is 5.65. The highest BCUT2D eigenvalue weighted by molar-refractivity contribution is 7.89. The first-order valence-corrected chi connectivity index (χ1v) is 8.33. The molecule has 1 fully saturated rings. The van der Waals surface area contributed by atoms with Crippen molar-refractivity contribution in [3.8, 4) is 0 Å². The van der Waals surface area contributed by atoms with Crippen molar-refractivity contribution in [2.24, 2.45) is 0 Å². The van der Waals surface area contributed by atoms with Crippen molar-refractivity contribution in [1.82, 2.24) is 14.6 Å². The average molecular weight is 301 g/mol. The van der Waals surface area contributed by atoms with Gasteiger partial charge in [-0.15, -0.1) is 0 Å². The second-order valence-electron chi connectivity index (χ2n) is 5.67. The summed E-state index contributed by atoms with van der Waals surface area (Å²) in [6.45, 7) is 0.221. The van der Waals surface area contributed by atoms with Crippen LogP contribution in [-0.2, 0) is 16.6 Å². The van der Waals surface area contributed by atoms with Crippen LogP contribution in [0.4, 0.5) is 0 Å². The molecule has 0 saturated heterocycles. The minimum absolute atomic E-state index is 0.0802. The van der Waals surface area contributed by atoms with Gasteiger partial charge in [0.15, 0.2) is 0 Å². The number of likely N-dealkylation sites (N-methyl/N-ethyl adjacent to an activating group) is 1. The molecule has 114 valence electrons. The standard InChI is InChI=1S/C13H23N3O3S/c1-16(2)13(5-3-4-6-13)10-15-20(18,19)12-7-11(9-17)14-8-12/h7-8,14-15,17H,3-6,9-10H2,1-2H3. The number of hydrogen-bond acceptors (Lipinski definition) is 4. The number of aromatic amines is 1. The molecule has 0 unspecified atom stereocenters. The Morgan fingerprint density at radius 1 is 1.40 bits per heavy atom. The topological polar surface area (TPSA) is 85.4 Å². The zero-order chi connectivity index (χ0) is 14.8. The maximum absolute atomic E-state index is 12.3. The van der Waals surface area contributed by atoms with Gasteiger partial charge in [-0.1, -0.05) is 12.8 Å². The van der Waals surface area contributed by atoms with Crippen LogP contribution in [0.25, 0.3) is 0 Å². The average Bonchev–Trinajstić information content (AvgIpc) is 3.06. The van der Waals surface area contributed by atoms with Gasteiger partial charge in [0.1, 0.15) is 0 Å². The fourth-order valence-electron chi connectivity index (χ4n) is 2.79. The van der Waals surface area contributed by atoms with Crippen molar-refractivity contribution in [2.45, 2.75) is 42.7 Å². The van der Waals surface area contributed by atoms with Crippen LogP contribution in [0.5, 0.6) is 0 Å². The van der Waals surface area contributed by atoms with Crippen molar-refractivity contribution >= 4 is 10.0 Å². The molecule has 1 heterocycles. The van der Waals surface area contributed by atoms with Crippen molar-refractivity contribution < 1.29 is 13.5 Å². The lowest BCUT2D eigenvalue weighted by molar-refractivity contribution is 0.162. The van der Waals surface area contributed by atoms with Gasteiger partial charge in [0.25, 0.3) is 0 Å². The summed E-state index contributed by atoms with van der Waals surface area (Å²) in [6.07, 6.45) is 5.71. The Morgan fingerprint density at radius 2 is 2.05 bits per heavy atom. The predicted molar refractivity (Wildman–Crippen MR) is 76.8 cm³/mol. The molecule has 1 aliphatic carbocycles. The molecule has 1 aliphatic rings. The van der Waals surface area contributed by atoms with E-state index in [-0.39, 0.29) is 17.0 Å². The number of rotatable bonds is 6. The van der Waals surface area contributed by atoms with Gasteiger partial charge in [0.05, 0.1) is 11.5 Å². The van der Waals surface area contributed by atoms with Crippen LogP contribution in [-0.4, -0.2) is 49.6 Å². The van der Waals surface area contributed by atoms with Gasteiger partial charge in [-0.2, -0.15) is 0 Å². The molecule has 0 amide bonds. The van der Waals surface area contributed by atoms with E-state index in [0.29, 0.717) is 12.2 Å². The van der Waals surface area contributed by atoms with Crippen LogP contribution in [0.2, 0.25) is 0 Å².